The third-order valence-corrected chi connectivity index (χ3v) is 12.0. The van der Waals surface area contributed by atoms with Gasteiger partial charge in [0.1, 0.15) is 31.0 Å². The van der Waals surface area contributed by atoms with Gasteiger partial charge >= 0.3 is 11.9 Å². The highest BCUT2D eigenvalue weighted by Gasteiger charge is 2.44. The maximum Gasteiger partial charge on any atom is 0.306 e. The molecule has 1 heterocycles. The van der Waals surface area contributed by atoms with E-state index in [2.05, 4.69) is 50.3 Å². The van der Waals surface area contributed by atoms with Gasteiger partial charge in [0.2, 0.25) is 0 Å². The van der Waals surface area contributed by atoms with E-state index in [0.717, 1.165) is 51.4 Å². The van der Waals surface area contributed by atoms with Crippen molar-refractivity contribution in [2.75, 3.05) is 19.8 Å². The van der Waals surface area contributed by atoms with E-state index in [-0.39, 0.29) is 26.1 Å². The third-order valence-electron chi connectivity index (χ3n) is 12.0. The maximum atomic E-state index is 12.8. The van der Waals surface area contributed by atoms with Gasteiger partial charge in [0.05, 0.1) is 13.2 Å². The van der Waals surface area contributed by atoms with E-state index in [0.29, 0.717) is 12.8 Å². The van der Waals surface area contributed by atoms with Crippen LogP contribution in [0, 0.1) is 0 Å². The smallest absolute Gasteiger partial charge is 0.306 e. The van der Waals surface area contributed by atoms with Crippen molar-refractivity contribution in [3.8, 4) is 0 Å². The summed E-state index contributed by atoms with van der Waals surface area (Å²) in [6.45, 7) is 3.39. The largest absolute Gasteiger partial charge is 0.462 e. The zero-order valence-electron chi connectivity index (χ0n) is 40.3. The second-order valence-electron chi connectivity index (χ2n) is 18.0. The van der Waals surface area contributed by atoms with E-state index in [1.165, 1.54) is 141 Å². The van der Waals surface area contributed by atoms with Crippen molar-refractivity contribution < 1.29 is 49.0 Å². The van der Waals surface area contributed by atoms with Crippen LogP contribution in [0.3, 0.4) is 0 Å². The van der Waals surface area contributed by atoms with Gasteiger partial charge in [-0.25, -0.2) is 0 Å². The summed E-state index contributed by atoms with van der Waals surface area (Å²) in [7, 11) is 0. The molecule has 1 rings (SSSR count). The molecule has 0 spiro atoms. The molecule has 0 aromatic rings. The molecule has 1 saturated heterocycles. The number of ether oxygens (including phenoxy) is 4. The van der Waals surface area contributed by atoms with Gasteiger partial charge in [0.15, 0.2) is 12.4 Å². The molecule has 368 valence electrons. The first-order valence-electron chi connectivity index (χ1n) is 26.1. The molecule has 0 aliphatic carbocycles. The third kappa shape index (κ3) is 34.9. The highest BCUT2D eigenvalue weighted by molar-refractivity contribution is 5.70. The van der Waals surface area contributed by atoms with Gasteiger partial charge in [-0.1, -0.05) is 204 Å². The molecule has 0 bridgehead atoms. The van der Waals surface area contributed by atoms with E-state index in [4.69, 9.17) is 18.9 Å². The Labute approximate surface area is 385 Å². The van der Waals surface area contributed by atoms with Crippen molar-refractivity contribution in [2.45, 2.75) is 269 Å². The minimum absolute atomic E-state index is 0.225. The fourth-order valence-corrected chi connectivity index (χ4v) is 7.90. The predicted octanol–water partition coefficient (Wildman–Crippen LogP) is 12.2. The van der Waals surface area contributed by atoms with Crippen LogP contribution in [0.2, 0.25) is 0 Å². The number of carbonyl (C=O) groups excluding carboxylic acids is 2. The number of carbonyl (C=O) groups is 2. The Morgan fingerprint density at radius 3 is 1.37 bits per heavy atom. The summed E-state index contributed by atoms with van der Waals surface area (Å²) in [5.41, 5.74) is 0. The first kappa shape index (κ1) is 58.9. The molecular weight excluding hydrogens is 797 g/mol. The van der Waals surface area contributed by atoms with Crippen LogP contribution in [0.4, 0.5) is 0 Å². The number of aliphatic hydroxyl groups excluding tert-OH is 4. The lowest BCUT2D eigenvalue weighted by Gasteiger charge is -2.39. The van der Waals surface area contributed by atoms with E-state index in [9.17, 15) is 30.0 Å². The summed E-state index contributed by atoms with van der Waals surface area (Å²) in [6.07, 6.45) is 44.5. The molecule has 63 heavy (non-hydrogen) atoms. The molecule has 1 aliphatic heterocycles. The Kier molecular flexibility index (Phi) is 41.0. The van der Waals surface area contributed by atoms with Gasteiger partial charge in [-0.3, -0.25) is 9.59 Å². The lowest BCUT2D eigenvalue weighted by molar-refractivity contribution is -0.305. The molecular formula is C53H96O10. The van der Waals surface area contributed by atoms with Gasteiger partial charge < -0.3 is 39.4 Å². The lowest BCUT2D eigenvalue weighted by Crippen LogP contribution is -2.59. The predicted molar refractivity (Wildman–Crippen MR) is 256 cm³/mol. The van der Waals surface area contributed by atoms with Crippen molar-refractivity contribution in [2.24, 2.45) is 0 Å². The quantitative estimate of drug-likeness (QED) is 0.0264. The number of allylic oxidation sites excluding steroid dienone is 6. The number of hydrogen-bond acceptors (Lipinski definition) is 10. The van der Waals surface area contributed by atoms with E-state index in [1.54, 1.807) is 0 Å². The Morgan fingerprint density at radius 1 is 0.492 bits per heavy atom. The van der Waals surface area contributed by atoms with Crippen LogP contribution in [0.5, 0.6) is 0 Å². The van der Waals surface area contributed by atoms with Gasteiger partial charge in [0.25, 0.3) is 0 Å². The molecule has 0 saturated carbocycles. The van der Waals surface area contributed by atoms with Crippen LogP contribution in [0.15, 0.2) is 36.5 Å². The molecule has 0 aromatic carbocycles. The Bertz CT molecular complexity index is 1120. The zero-order valence-corrected chi connectivity index (χ0v) is 40.3. The van der Waals surface area contributed by atoms with Crippen LogP contribution in [0.25, 0.3) is 0 Å². The van der Waals surface area contributed by atoms with Crippen molar-refractivity contribution in [3.05, 3.63) is 36.5 Å². The van der Waals surface area contributed by atoms with Crippen LogP contribution in [-0.4, -0.2) is 89.0 Å². The van der Waals surface area contributed by atoms with E-state index < -0.39 is 55.4 Å². The summed E-state index contributed by atoms with van der Waals surface area (Å²) in [5.74, 6) is -0.842. The average Bonchev–Trinajstić information content (AvgIpc) is 3.28. The van der Waals surface area contributed by atoms with Crippen LogP contribution in [0.1, 0.15) is 232 Å². The van der Waals surface area contributed by atoms with Gasteiger partial charge in [-0.15, -0.1) is 0 Å². The summed E-state index contributed by atoms with van der Waals surface area (Å²) in [5, 5.41) is 40.2. The fourth-order valence-electron chi connectivity index (χ4n) is 7.90. The summed E-state index contributed by atoms with van der Waals surface area (Å²) >= 11 is 0. The molecule has 2 unspecified atom stereocenters. The van der Waals surface area contributed by atoms with Crippen molar-refractivity contribution in [3.63, 3.8) is 0 Å². The normalized spacial score (nSPS) is 19.7. The zero-order chi connectivity index (χ0) is 45.9. The minimum atomic E-state index is -1.60. The van der Waals surface area contributed by atoms with Crippen molar-refractivity contribution in [1.29, 1.82) is 0 Å². The second-order valence-corrected chi connectivity index (χ2v) is 18.0. The highest BCUT2D eigenvalue weighted by Crippen LogP contribution is 2.23. The molecule has 6 atom stereocenters. The first-order valence-corrected chi connectivity index (χ1v) is 26.1. The second kappa shape index (κ2) is 43.8. The van der Waals surface area contributed by atoms with Gasteiger partial charge in [-0.05, 0) is 51.4 Å². The average molecular weight is 893 g/mol. The summed E-state index contributed by atoms with van der Waals surface area (Å²) in [4.78, 5) is 25.4. The van der Waals surface area contributed by atoms with Gasteiger partial charge in [0, 0.05) is 12.8 Å². The SMILES string of the molecule is CCCCC/C=C/C/C=C/C/C=C/CCCCC(=O)OC[C@H](CO[C@@H]1O[C@H](CO)[C@H](O)C(O)C1O)OC(=O)CCCCCCCCCCCCCCCCCCCCCCCCC. The van der Waals surface area contributed by atoms with Crippen LogP contribution < -0.4 is 0 Å². The lowest BCUT2D eigenvalue weighted by atomic mass is 9.99. The van der Waals surface area contributed by atoms with Crippen molar-refractivity contribution in [1.82, 2.24) is 0 Å². The van der Waals surface area contributed by atoms with Crippen LogP contribution >= 0.6 is 0 Å². The van der Waals surface area contributed by atoms with Crippen molar-refractivity contribution >= 4 is 11.9 Å². The number of unbranched alkanes of at least 4 members (excludes halogenated alkanes) is 27. The number of aliphatic hydroxyl groups is 4. The summed E-state index contributed by atoms with van der Waals surface area (Å²) < 4.78 is 22.2. The molecule has 4 N–H and O–H groups in total. The Morgan fingerprint density at radius 2 is 0.889 bits per heavy atom. The Hall–Kier alpha value is -2.08. The Balaban J connectivity index is 2.25. The molecule has 0 radical (unpaired) electrons. The molecule has 0 aromatic heterocycles. The summed E-state index contributed by atoms with van der Waals surface area (Å²) in [6, 6.07) is 0. The van der Waals surface area contributed by atoms with E-state index in [1.807, 2.05) is 0 Å². The number of rotatable bonds is 44. The topological polar surface area (TPSA) is 152 Å². The monoisotopic (exact) mass is 893 g/mol. The maximum absolute atomic E-state index is 12.8. The number of hydrogen-bond donors (Lipinski definition) is 4. The molecule has 1 aliphatic rings. The first-order chi connectivity index (χ1) is 30.8. The molecule has 0 amide bonds. The van der Waals surface area contributed by atoms with Crippen LogP contribution in [-0.2, 0) is 28.5 Å². The van der Waals surface area contributed by atoms with E-state index >= 15 is 0 Å². The van der Waals surface area contributed by atoms with Gasteiger partial charge in [-0.2, -0.15) is 0 Å². The molecule has 10 heteroatoms. The molecule has 1 fully saturated rings. The fraction of sp³-hybridized carbons (Fsp3) is 0.849. The minimum Gasteiger partial charge on any atom is -0.462 e. The highest BCUT2D eigenvalue weighted by atomic mass is 16.7. The standard InChI is InChI=1S/C53H96O10/c1-3-5-7-9-11-13-15-17-19-20-21-22-23-24-25-26-28-30-32-34-36-38-40-42-49(56)62-46(45-61-53-52(59)51(58)50(57)47(43-54)63-53)44-60-48(55)41-39-37-35-33-31-29-27-18-16-14-12-10-8-6-4-2/h12,14,18,27,31,33,46-47,50-54,57-59H,3-11,13,15-17,19-26,28-30,32,34-45H2,1-2H3/b14-12+,27-18+,33-31+/t46-,47-,50+,51?,52?,53-/m1/s1. The number of esters is 2. The molecule has 10 nitrogen and oxygen atoms in total.